The molecule has 0 aromatic heterocycles. The van der Waals surface area contributed by atoms with E-state index in [0.29, 0.717) is 0 Å². The zero-order valence-electron chi connectivity index (χ0n) is 3.72. The molecular formula is C3H7NaOS2. The van der Waals surface area contributed by atoms with E-state index in [1.165, 1.54) is 23.5 Å². The van der Waals surface area contributed by atoms with Crippen LogP contribution in [0, 0.1) is 0 Å². The Labute approximate surface area is 74.3 Å². The molecule has 0 atom stereocenters. The summed E-state index contributed by atoms with van der Waals surface area (Å²) < 4.78 is 0.176. The second kappa shape index (κ2) is 7.37. The van der Waals surface area contributed by atoms with Gasteiger partial charge in [0.05, 0.1) is 0 Å². The van der Waals surface area contributed by atoms with Crippen LogP contribution < -0.4 is 0 Å². The summed E-state index contributed by atoms with van der Waals surface area (Å²) in [6.45, 7) is 0. The number of hydrogen-bond acceptors (Lipinski definition) is 3. The standard InChI is InChI=1S/C3H6OS2.Na.H/c1-5-3(4)6-2;;/h1-2H3;;. The van der Waals surface area contributed by atoms with E-state index in [-0.39, 0.29) is 34.0 Å². The van der Waals surface area contributed by atoms with Crippen LogP contribution in [0.2, 0.25) is 0 Å². The minimum absolute atomic E-state index is 0. The van der Waals surface area contributed by atoms with Gasteiger partial charge in [-0.25, -0.2) is 0 Å². The number of carbonyl (C=O) groups excluding carboxylic acids is 1. The topological polar surface area (TPSA) is 17.1 Å². The molecule has 0 saturated carbocycles. The van der Waals surface area contributed by atoms with Crippen molar-refractivity contribution in [3.8, 4) is 0 Å². The Morgan fingerprint density at radius 1 is 1.29 bits per heavy atom. The Balaban J connectivity index is 0. The van der Waals surface area contributed by atoms with Crippen molar-refractivity contribution in [2.24, 2.45) is 0 Å². The molecule has 0 saturated heterocycles. The molecule has 4 heteroatoms. The van der Waals surface area contributed by atoms with Crippen molar-refractivity contribution >= 4 is 57.5 Å². The molecule has 0 radical (unpaired) electrons. The van der Waals surface area contributed by atoms with E-state index in [4.69, 9.17) is 0 Å². The van der Waals surface area contributed by atoms with Gasteiger partial charge < -0.3 is 0 Å². The molecule has 0 fully saturated rings. The third-order valence-corrected chi connectivity index (χ3v) is 2.00. The molecule has 0 unspecified atom stereocenters. The van der Waals surface area contributed by atoms with Crippen molar-refractivity contribution in [2.75, 3.05) is 12.5 Å². The number of hydrogen-bond donors (Lipinski definition) is 0. The quantitative estimate of drug-likeness (QED) is 0.478. The fourth-order valence-corrected chi connectivity index (χ4v) is 0.750. The number of carbonyl (C=O) groups is 1. The van der Waals surface area contributed by atoms with Crippen LogP contribution in [0.15, 0.2) is 0 Å². The van der Waals surface area contributed by atoms with Crippen LogP contribution in [0.3, 0.4) is 0 Å². The molecule has 0 aromatic rings. The van der Waals surface area contributed by atoms with Crippen molar-refractivity contribution < 1.29 is 4.79 Å². The summed E-state index contributed by atoms with van der Waals surface area (Å²) >= 11 is 2.50. The summed E-state index contributed by atoms with van der Waals surface area (Å²) in [4.78, 5) is 10.1. The molecule has 1 nitrogen and oxygen atoms in total. The molecular weight excluding hydrogens is 139 g/mol. The van der Waals surface area contributed by atoms with Crippen LogP contribution in [0.25, 0.3) is 0 Å². The van der Waals surface area contributed by atoms with E-state index in [2.05, 4.69) is 0 Å². The van der Waals surface area contributed by atoms with Gasteiger partial charge in [0.1, 0.15) is 0 Å². The first-order chi connectivity index (χ1) is 2.81. The predicted molar refractivity (Wildman–Crippen MR) is 39.6 cm³/mol. The van der Waals surface area contributed by atoms with Crippen molar-refractivity contribution in [3.05, 3.63) is 0 Å². The second-order valence-electron chi connectivity index (χ2n) is 0.658. The fraction of sp³-hybridized carbons (Fsp3) is 0.667. The molecule has 38 valence electrons. The van der Waals surface area contributed by atoms with Crippen molar-refractivity contribution in [3.63, 3.8) is 0 Å². The molecule has 7 heavy (non-hydrogen) atoms. The van der Waals surface area contributed by atoms with E-state index < -0.39 is 0 Å². The summed E-state index contributed by atoms with van der Waals surface area (Å²) in [6, 6.07) is 0. The van der Waals surface area contributed by atoms with Crippen LogP contribution >= 0.6 is 23.5 Å². The first kappa shape index (κ1) is 11.2. The van der Waals surface area contributed by atoms with Gasteiger partial charge in [0.25, 0.3) is 0 Å². The predicted octanol–water partition coefficient (Wildman–Crippen LogP) is 1.18. The Morgan fingerprint density at radius 3 is 1.57 bits per heavy atom. The molecule has 0 aliphatic heterocycles. The van der Waals surface area contributed by atoms with Crippen LogP contribution in [0.1, 0.15) is 0 Å². The number of thioether (sulfide) groups is 2. The molecule has 0 aliphatic carbocycles. The molecule has 0 heterocycles. The van der Waals surface area contributed by atoms with Gasteiger partial charge in [-0.3, -0.25) is 4.79 Å². The summed E-state index contributed by atoms with van der Waals surface area (Å²) in [5, 5.41) is 0. The fourth-order valence-electron chi connectivity index (χ4n) is 0.0833. The van der Waals surface area contributed by atoms with Crippen molar-refractivity contribution in [2.45, 2.75) is 0 Å². The van der Waals surface area contributed by atoms with Gasteiger partial charge in [-0.2, -0.15) is 0 Å². The summed E-state index contributed by atoms with van der Waals surface area (Å²) in [5.74, 6) is 0. The first-order valence-electron chi connectivity index (χ1n) is 1.43. The zero-order chi connectivity index (χ0) is 4.99. The third-order valence-electron chi connectivity index (χ3n) is 0.333. The molecule has 0 N–H and O–H groups in total. The average Bonchev–Trinajstić information content (AvgIpc) is 1.65. The van der Waals surface area contributed by atoms with Gasteiger partial charge in [0, 0.05) is 0 Å². The molecule has 0 aliphatic rings. The average molecular weight is 146 g/mol. The Morgan fingerprint density at radius 2 is 1.57 bits per heavy atom. The molecule has 0 spiro atoms. The Kier molecular flexibility index (Phi) is 11.8. The van der Waals surface area contributed by atoms with Crippen LogP contribution in [0.4, 0.5) is 4.79 Å². The van der Waals surface area contributed by atoms with E-state index in [1.54, 1.807) is 12.5 Å². The maximum atomic E-state index is 10.1. The minimum atomic E-state index is 0. The number of rotatable bonds is 0. The van der Waals surface area contributed by atoms with E-state index in [0.717, 1.165) is 0 Å². The van der Waals surface area contributed by atoms with Crippen LogP contribution in [0.5, 0.6) is 0 Å². The molecule has 0 rings (SSSR count). The van der Waals surface area contributed by atoms with E-state index in [9.17, 15) is 4.79 Å². The van der Waals surface area contributed by atoms with Gasteiger partial charge in [0.2, 0.25) is 4.45 Å². The Bertz CT molecular complexity index is 50.9. The SMILES string of the molecule is CSC(=O)SC.[NaH]. The van der Waals surface area contributed by atoms with E-state index >= 15 is 0 Å². The Hall–Kier alpha value is 1.37. The van der Waals surface area contributed by atoms with Crippen LogP contribution in [-0.4, -0.2) is 46.5 Å². The van der Waals surface area contributed by atoms with E-state index in [1.807, 2.05) is 0 Å². The first-order valence-corrected chi connectivity index (χ1v) is 3.88. The molecule has 0 bridgehead atoms. The molecule has 0 amide bonds. The monoisotopic (exact) mass is 146 g/mol. The van der Waals surface area contributed by atoms with Crippen LogP contribution in [-0.2, 0) is 0 Å². The third kappa shape index (κ3) is 7.37. The van der Waals surface area contributed by atoms with Gasteiger partial charge in [-0.1, -0.05) is 23.5 Å². The zero-order valence-corrected chi connectivity index (χ0v) is 5.36. The van der Waals surface area contributed by atoms with Gasteiger partial charge in [-0.05, 0) is 12.5 Å². The van der Waals surface area contributed by atoms with Crippen molar-refractivity contribution in [1.29, 1.82) is 0 Å². The normalized spacial score (nSPS) is 7.14. The summed E-state index contributed by atoms with van der Waals surface area (Å²) in [5.41, 5.74) is 0. The summed E-state index contributed by atoms with van der Waals surface area (Å²) in [7, 11) is 0. The molecule has 0 aromatic carbocycles. The summed E-state index contributed by atoms with van der Waals surface area (Å²) in [6.07, 6.45) is 3.55. The van der Waals surface area contributed by atoms with Gasteiger partial charge in [0.15, 0.2) is 0 Å². The second-order valence-corrected chi connectivity index (χ2v) is 2.47. The van der Waals surface area contributed by atoms with Crippen molar-refractivity contribution in [1.82, 2.24) is 0 Å². The maximum absolute atomic E-state index is 10.1. The van der Waals surface area contributed by atoms with Gasteiger partial charge >= 0.3 is 29.6 Å². The van der Waals surface area contributed by atoms with Gasteiger partial charge in [-0.15, -0.1) is 0 Å².